The Balaban J connectivity index is 2.94. The number of nitrogens with two attached hydrogens (primary N) is 1. The Morgan fingerprint density at radius 1 is 1.67 bits per heavy atom. The van der Waals surface area contributed by atoms with Gasteiger partial charge in [0.2, 0.25) is 0 Å². The van der Waals surface area contributed by atoms with E-state index in [0.717, 1.165) is 4.90 Å². The number of nitrogen functional groups attached to an aromatic ring is 1. The Labute approximate surface area is 58.5 Å². The van der Waals surface area contributed by atoms with Crippen LogP contribution in [0.25, 0.3) is 0 Å². The van der Waals surface area contributed by atoms with E-state index in [1.807, 2.05) is 18.4 Å². The van der Waals surface area contributed by atoms with E-state index in [9.17, 15) is 0 Å². The Morgan fingerprint density at radius 2 is 2.44 bits per heavy atom. The Hall–Kier alpha value is -0.700. The highest BCUT2D eigenvalue weighted by Gasteiger charge is 1.88. The molecule has 0 saturated carbocycles. The second kappa shape index (κ2) is 2.73. The molecule has 0 atom stereocenters. The van der Waals surface area contributed by atoms with Crippen LogP contribution in [0.15, 0.2) is 23.2 Å². The number of thioether (sulfide) groups is 1. The maximum absolute atomic E-state index is 5.41. The lowest BCUT2D eigenvalue weighted by Gasteiger charge is -1.94. The third-order valence-electron chi connectivity index (χ3n) is 0.988. The molecule has 1 aromatic rings. The zero-order valence-corrected chi connectivity index (χ0v) is 5.98. The average Bonchev–Trinajstić information content (AvgIpc) is 1.88. The predicted octanol–water partition coefficient (Wildman–Crippen LogP) is 1.39. The molecule has 0 aliphatic rings. The fourth-order valence-electron chi connectivity index (χ4n) is 0.555. The zero-order valence-electron chi connectivity index (χ0n) is 5.16. The second-order valence-corrected chi connectivity index (χ2v) is 2.50. The van der Waals surface area contributed by atoms with Gasteiger partial charge in [0.15, 0.2) is 0 Å². The van der Waals surface area contributed by atoms with Gasteiger partial charge in [-0.2, -0.15) is 0 Å². The van der Waals surface area contributed by atoms with Crippen LogP contribution in [-0.2, 0) is 0 Å². The van der Waals surface area contributed by atoms with Gasteiger partial charge in [-0.1, -0.05) is 0 Å². The number of anilines is 1. The summed E-state index contributed by atoms with van der Waals surface area (Å²) in [6, 6.07) is 3.78. The quantitative estimate of drug-likeness (QED) is 0.599. The molecule has 0 unspecified atom stereocenters. The molecule has 0 fully saturated rings. The van der Waals surface area contributed by atoms with Gasteiger partial charge in [0.25, 0.3) is 0 Å². The molecular weight excluding hydrogens is 132 g/mol. The van der Waals surface area contributed by atoms with E-state index >= 15 is 0 Å². The van der Waals surface area contributed by atoms with Crippen molar-refractivity contribution in [3.63, 3.8) is 0 Å². The van der Waals surface area contributed by atoms with Gasteiger partial charge in [-0.15, -0.1) is 11.8 Å². The molecule has 0 radical (unpaired) electrons. The van der Waals surface area contributed by atoms with Crippen LogP contribution in [0.4, 0.5) is 5.82 Å². The fraction of sp³-hybridized carbons (Fsp3) is 0.167. The standard InChI is InChI=1S/C6H8N2S/c1-9-5-2-3-8-6(7)4-5/h2-4H,1H3,(H2,7,8). The maximum Gasteiger partial charge on any atom is 0.124 e. The van der Waals surface area contributed by atoms with E-state index < -0.39 is 0 Å². The van der Waals surface area contributed by atoms with Gasteiger partial charge in [-0.3, -0.25) is 0 Å². The molecule has 3 heteroatoms. The van der Waals surface area contributed by atoms with E-state index in [0.29, 0.717) is 5.82 Å². The predicted molar refractivity (Wildman–Crippen MR) is 40.4 cm³/mol. The number of pyridine rings is 1. The normalized spacial score (nSPS) is 9.44. The minimum Gasteiger partial charge on any atom is -0.384 e. The van der Waals surface area contributed by atoms with Crippen molar-refractivity contribution in [2.45, 2.75) is 4.90 Å². The van der Waals surface area contributed by atoms with Crippen LogP contribution in [0, 0.1) is 0 Å². The molecule has 2 nitrogen and oxygen atoms in total. The minimum absolute atomic E-state index is 0.585. The third kappa shape index (κ3) is 1.61. The monoisotopic (exact) mass is 140 g/mol. The number of hydrogen-bond acceptors (Lipinski definition) is 3. The summed E-state index contributed by atoms with van der Waals surface area (Å²) in [5, 5.41) is 0. The van der Waals surface area contributed by atoms with Gasteiger partial charge in [0.05, 0.1) is 0 Å². The summed E-state index contributed by atoms with van der Waals surface area (Å²) in [6.07, 6.45) is 3.72. The van der Waals surface area contributed by atoms with Gasteiger partial charge in [-0.25, -0.2) is 4.98 Å². The molecule has 1 aromatic heterocycles. The summed E-state index contributed by atoms with van der Waals surface area (Å²) in [5.74, 6) is 0.585. The van der Waals surface area contributed by atoms with Crippen LogP contribution < -0.4 is 5.73 Å². The highest BCUT2D eigenvalue weighted by molar-refractivity contribution is 7.98. The maximum atomic E-state index is 5.41. The van der Waals surface area contributed by atoms with Crippen LogP contribution in [0.2, 0.25) is 0 Å². The first kappa shape index (κ1) is 6.42. The molecule has 0 bridgehead atoms. The SMILES string of the molecule is CSc1ccnc(N)c1. The molecule has 0 aliphatic heterocycles. The lowest BCUT2D eigenvalue weighted by Crippen LogP contribution is -1.87. The summed E-state index contributed by atoms with van der Waals surface area (Å²) < 4.78 is 0. The van der Waals surface area contributed by atoms with E-state index in [2.05, 4.69) is 4.98 Å². The zero-order chi connectivity index (χ0) is 6.69. The number of aromatic nitrogens is 1. The van der Waals surface area contributed by atoms with Crippen LogP contribution in [0.3, 0.4) is 0 Å². The van der Waals surface area contributed by atoms with Crippen molar-refractivity contribution < 1.29 is 0 Å². The van der Waals surface area contributed by atoms with Crippen molar-refractivity contribution in [3.8, 4) is 0 Å². The summed E-state index contributed by atoms with van der Waals surface area (Å²) >= 11 is 1.66. The van der Waals surface area contributed by atoms with E-state index in [4.69, 9.17) is 5.73 Å². The molecule has 0 aliphatic carbocycles. The van der Waals surface area contributed by atoms with Crippen molar-refractivity contribution in [2.24, 2.45) is 0 Å². The molecule has 0 saturated heterocycles. The highest BCUT2D eigenvalue weighted by atomic mass is 32.2. The van der Waals surface area contributed by atoms with Crippen molar-refractivity contribution in [2.75, 3.05) is 12.0 Å². The van der Waals surface area contributed by atoms with Crippen molar-refractivity contribution in [1.29, 1.82) is 0 Å². The molecule has 0 aromatic carbocycles. The van der Waals surface area contributed by atoms with Gasteiger partial charge in [0.1, 0.15) is 5.82 Å². The van der Waals surface area contributed by atoms with Crippen molar-refractivity contribution >= 4 is 17.6 Å². The first-order valence-electron chi connectivity index (χ1n) is 2.58. The number of hydrogen-bond donors (Lipinski definition) is 1. The molecule has 2 N–H and O–H groups in total. The molecule has 48 valence electrons. The van der Waals surface area contributed by atoms with Crippen LogP contribution in [-0.4, -0.2) is 11.2 Å². The number of nitrogens with zero attached hydrogens (tertiary/aromatic N) is 1. The van der Waals surface area contributed by atoms with E-state index in [-0.39, 0.29) is 0 Å². The van der Waals surface area contributed by atoms with Crippen molar-refractivity contribution in [3.05, 3.63) is 18.3 Å². The molecule has 1 rings (SSSR count). The fourth-order valence-corrected chi connectivity index (χ4v) is 0.990. The Morgan fingerprint density at radius 3 is 2.89 bits per heavy atom. The largest absolute Gasteiger partial charge is 0.384 e. The van der Waals surface area contributed by atoms with Crippen LogP contribution in [0.5, 0.6) is 0 Å². The lowest BCUT2D eigenvalue weighted by atomic mass is 10.5. The summed E-state index contributed by atoms with van der Waals surface area (Å²) in [6.45, 7) is 0. The van der Waals surface area contributed by atoms with Gasteiger partial charge in [-0.05, 0) is 18.4 Å². The first-order chi connectivity index (χ1) is 4.33. The Bertz CT molecular complexity index is 200. The third-order valence-corrected chi connectivity index (χ3v) is 1.71. The summed E-state index contributed by atoms with van der Waals surface area (Å²) in [7, 11) is 0. The average molecular weight is 140 g/mol. The van der Waals surface area contributed by atoms with E-state index in [1.165, 1.54) is 0 Å². The summed E-state index contributed by atoms with van der Waals surface area (Å²) in [5.41, 5.74) is 5.41. The first-order valence-corrected chi connectivity index (χ1v) is 3.81. The highest BCUT2D eigenvalue weighted by Crippen LogP contribution is 2.14. The minimum atomic E-state index is 0.585. The van der Waals surface area contributed by atoms with Gasteiger partial charge >= 0.3 is 0 Å². The smallest absolute Gasteiger partial charge is 0.124 e. The molecule has 9 heavy (non-hydrogen) atoms. The molecular formula is C6H8N2S. The van der Waals surface area contributed by atoms with Gasteiger partial charge < -0.3 is 5.73 Å². The number of rotatable bonds is 1. The lowest BCUT2D eigenvalue weighted by molar-refractivity contribution is 1.27. The molecule has 0 spiro atoms. The van der Waals surface area contributed by atoms with Crippen LogP contribution >= 0.6 is 11.8 Å². The Kier molecular flexibility index (Phi) is 1.95. The van der Waals surface area contributed by atoms with E-state index in [1.54, 1.807) is 18.0 Å². The second-order valence-electron chi connectivity index (χ2n) is 1.62. The van der Waals surface area contributed by atoms with Gasteiger partial charge in [0, 0.05) is 11.1 Å². The van der Waals surface area contributed by atoms with Crippen molar-refractivity contribution in [1.82, 2.24) is 4.98 Å². The topological polar surface area (TPSA) is 38.9 Å². The van der Waals surface area contributed by atoms with Crippen LogP contribution in [0.1, 0.15) is 0 Å². The molecule has 0 amide bonds. The summed E-state index contributed by atoms with van der Waals surface area (Å²) in [4.78, 5) is 5.01. The molecule has 1 heterocycles.